The topological polar surface area (TPSA) is 42.7 Å². The molecule has 1 rings (SSSR count). The monoisotopic (exact) mass is 154 g/mol. The minimum absolute atomic E-state index is 0.599. The van der Waals surface area contributed by atoms with Crippen LogP contribution >= 0.6 is 0 Å². The minimum Gasteiger partial charge on any atom is -0.319 e. The van der Waals surface area contributed by atoms with Gasteiger partial charge in [0.25, 0.3) is 0 Å². The first-order chi connectivity index (χ1) is 5.33. The molecular formula is C7H14N4. The molecule has 4 nitrogen and oxygen atoms in total. The Morgan fingerprint density at radius 2 is 2.45 bits per heavy atom. The summed E-state index contributed by atoms with van der Waals surface area (Å²) in [5.41, 5.74) is 0. The number of nitrogens with one attached hydrogen (secondary N) is 1. The molecule has 0 bridgehead atoms. The molecule has 0 fully saturated rings. The second-order valence-electron chi connectivity index (χ2n) is 2.79. The van der Waals surface area contributed by atoms with Crippen molar-refractivity contribution < 1.29 is 0 Å². The molecular weight excluding hydrogens is 140 g/mol. The van der Waals surface area contributed by atoms with Crippen LogP contribution in [0.15, 0.2) is 12.4 Å². The maximum absolute atomic E-state index is 3.88. The van der Waals surface area contributed by atoms with Gasteiger partial charge in [0, 0.05) is 12.7 Å². The number of hydrogen-bond acceptors (Lipinski definition) is 3. The Morgan fingerprint density at radius 1 is 1.64 bits per heavy atom. The second kappa shape index (κ2) is 4.08. The molecule has 0 radical (unpaired) electrons. The highest BCUT2D eigenvalue weighted by atomic mass is 15.4. The lowest BCUT2D eigenvalue weighted by Gasteiger charge is -2.08. The lowest BCUT2D eigenvalue weighted by molar-refractivity contribution is 0.428. The maximum Gasteiger partial charge on any atom is 0.0692 e. The standard InChI is InChI=1S/C7H14N4/c1-7(5-8-2)6-11-4-3-9-10-11/h3-4,7-8H,5-6H2,1-2H3. The predicted molar refractivity (Wildman–Crippen MR) is 43.1 cm³/mol. The van der Waals surface area contributed by atoms with Crippen molar-refractivity contribution in [3.8, 4) is 0 Å². The molecule has 0 aliphatic heterocycles. The molecule has 1 heterocycles. The molecule has 1 atom stereocenters. The van der Waals surface area contributed by atoms with E-state index in [1.54, 1.807) is 6.20 Å². The lowest BCUT2D eigenvalue weighted by Crippen LogP contribution is -2.20. The first kappa shape index (κ1) is 8.20. The highest BCUT2D eigenvalue weighted by molar-refractivity contribution is 4.66. The van der Waals surface area contributed by atoms with Crippen LogP contribution in [0, 0.1) is 5.92 Å². The first-order valence-corrected chi connectivity index (χ1v) is 3.81. The molecule has 0 saturated heterocycles. The molecule has 4 heteroatoms. The smallest absolute Gasteiger partial charge is 0.0692 e. The highest BCUT2D eigenvalue weighted by Gasteiger charge is 2.00. The lowest BCUT2D eigenvalue weighted by atomic mass is 10.2. The Balaban J connectivity index is 2.31. The molecule has 0 aliphatic rings. The fourth-order valence-electron chi connectivity index (χ4n) is 1.06. The van der Waals surface area contributed by atoms with Crippen molar-refractivity contribution in [1.82, 2.24) is 20.3 Å². The maximum atomic E-state index is 3.88. The van der Waals surface area contributed by atoms with Gasteiger partial charge in [-0.05, 0) is 19.5 Å². The fraction of sp³-hybridized carbons (Fsp3) is 0.714. The summed E-state index contributed by atoms with van der Waals surface area (Å²) < 4.78 is 1.85. The predicted octanol–water partition coefficient (Wildman–Crippen LogP) is 0.134. The van der Waals surface area contributed by atoms with E-state index in [2.05, 4.69) is 22.6 Å². The van der Waals surface area contributed by atoms with E-state index in [0.29, 0.717) is 5.92 Å². The van der Waals surface area contributed by atoms with Crippen molar-refractivity contribution in [1.29, 1.82) is 0 Å². The SMILES string of the molecule is CNCC(C)Cn1ccnn1. The van der Waals surface area contributed by atoms with Crippen LogP contribution in [0.5, 0.6) is 0 Å². The minimum atomic E-state index is 0.599. The third-order valence-corrected chi connectivity index (χ3v) is 1.52. The molecule has 0 amide bonds. The van der Waals surface area contributed by atoms with E-state index in [4.69, 9.17) is 0 Å². The molecule has 1 unspecified atom stereocenters. The van der Waals surface area contributed by atoms with Gasteiger partial charge in [-0.1, -0.05) is 12.1 Å². The van der Waals surface area contributed by atoms with Gasteiger partial charge in [0.05, 0.1) is 6.20 Å². The van der Waals surface area contributed by atoms with Gasteiger partial charge in [-0.15, -0.1) is 5.10 Å². The van der Waals surface area contributed by atoms with E-state index in [0.717, 1.165) is 13.1 Å². The summed E-state index contributed by atoms with van der Waals surface area (Å²) in [6.45, 7) is 4.12. The first-order valence-electron chi connectivity index (χ1n) is 3.81. The summed E-state index contributed by atoms with van der Waals surface area (Å²) in [5, 5.41) is 10.7. The van der Waals surface area contributed by atoms with Gasteiger partial charge in [-0.2, -0.15) is 0 Å². The number of hydrogen-bond donors (Lipinski definition) is 1. The van der Waals surface area contributed by atoms with Gasteiger partial charge in [-0.25, -0.2) is 0 Å². The van der Waals surface area contributed by atoms with Gasteiger partial charge in [0.1, 0.15) is 0 Å². The zero-order chi connectivity index (χ0) is 8.10. The largest absolute Gasteiger partial charge is 0.319 e. The average molecular weight is 154 g/mol. The van der Waals surface area contributed by atoms with E-state index < -0.39 is 0 Å². The zero-order valence-electron chi connectivity index (χ0n) is 6.99. The van der Waals surface area contributed by atoms with Crippen LogP contribution in [0.2, 0.25) is 0 Å². The van der Waals surface area contributed by atoms with E-state index in [9.17, 15) is 0 Å². The van der Waals surface area contributed by atoms with Crippen LogP contribution in [0.3, 0.4) is 0 Å². The molecule has 0 saturated carbocycles. The van der Waals surface area contributed by atoms with Crippen LogP contribution in [0.4, 0.5) is 0 Å². The van der Waals surface area contributed by atoms with Crippen molar-refractivity contribution in [2.75, 3.05) is 13.6 Å². The molecule has 11 heavy (non-hydrogen) atoms. The number of nitrogens with zero attached hydrogens (tertiary/aromatic N) is 3. The van der Waals surface area contributed by atoms with E-state index in [1.807, 2.05) is 17.9 Å². The van der Waals surface area contributed by atoms with Gasteiger partial charge in [0.15, 0.2) is 0 Å². The van der Waals surface area contributed by atoms with Crippen LogP contribution in [0.25, 0.3) is 0 Å². The molecule has 0 spiro atoms. The van der Waals surface area contributed by atoms with Gasteiger partial charge >= 0.3 is 0 Å². The van der Waals surface area contributed by atoms with Gasteiger partial charge < -0.3 is 5.32 Å². The second-order valence-corrected chi connectivity index (χ2v) is 2.79. The normalized spacial score (nSPS) is 13.3. The fourth-order valence-corrected chi connectivity index (χ4v) is 1.06. The molecule has 1 aromatic rings. The Hall–Kier alpha value is -0.900. The zero-order valence-corrected chi connectivity index (χ0v) is 6.99. The van der Waals surface area contributed by atoms with E-state index in [1.165, 1.54) is 0 Å². The summed E-state index contributed by atoms with van der Waals surface area (Å²) in [6, 6.07) is 0. The Kier molecular flexibility index (Phi) is 3.04. The quantitative estimate of drug-likeness (QED) is 0.670. The average Bonchev–Trinajstić information content (AvgIpc) is 2.40. The molecule has 1 N–H and O–H groups in total. The van der Waals surface area contributed by atoms with Crippen molar-refractivity contribution >= 4 is 0 Å². The molecule has 0 aliphatic carbocycles. The van der Waals surface area contributed by atoms with Gasteiger partial charge in [0.2, 0.25) is 0 Å². The van der Waals surface area contributed by atoms with Crippen LogP contribution in [0.1, 0.15) is 6.92 Å². The third kappa shape index (κ3) is 2.67. The summed E-state index contributed by atoms with van der Waals surface area (Å²) in [4.78, 5) is 0. The molecule has 62 valence electrons. The third-order valence-electron chi connectivity index (χ3n) is 1.52. The van der Waals surface area contributed by atoms with Crippen LogP contribution in [-0.4, -0.2) is 28.6 Å². The Morgan fingerprint density at radius 3 is 3.00 bits per heavy atom. The summed E-state index contributed by atoms with van der Waals surface area (Å²) in [7, 11) is 1.96. The van der Waals surface area contributed by atoms with Gasteiger partial charge in [-0.3, -0.25) is 4.68 Å². The number of rotatable bonds is 4. The molecule has 1 aromatic heterocycles. The van der Waals surface area contributed by atoms with Crippen molar-refractivity contribution in [2.24, 2.45) is 5.92 Å². The highest BCUT2D eigenvalue weighted by Crippen LogP contribution is 1.95. The van der Waals surface area contributed by atoms with Crippen LogP contribution < -0.4 is 5.32 Å². The van der Waals surface area contributed by atoms with Crippen LogP contribution in [-0.2, 0) is 6.54 Å². The van der Waals surface area contributed by atoms with E-state index >= 15 is 0 Å². The van der Waals surface area contributed by atoms with Crippen molar-refractivity contribution in [3.05, 3.63) is 12.4 Å². The van der Waals surface area contributed by atoms with Crippen molar-refractivity contribution in [2.45, 2.75) is 13.5 Å². The molecule has 0 aromatic carbocycles. The van der Waals surface area contributed by atoms with Crippen molar-refractivity contribution in [3.63, 3.8) is 0 Å². The summed E-state index contributed by atoms with van der Waals surface area (Å²) >= 11 is 0. The Labute approximate surface area is 66.6 Å². The Bertz CT molecular complexity index is 182. The number of aromatic nitrogens is 3. The van der Waals surface area contributed by atoms with E-state index in [-0.39, 0.29) is 0 Å². The summed E-state index contributed by atoms with van der Waals surface area (Å²) in [5.74, 6) is 0.599. The summed E-state index contributed by atoms with van der Waals surface area (Å²) in [6.07, 6.45) is 3.58.